The van der Waals surface area contributed by atoms with Crippen molar-refractivity contribution < 1.29 is 17.9 Å². The molecule has 3 aromatic heterocycles. The quantitative estimate of drug-likeness (QED) is 0.223. The van der Waals surface area contributed by atoms with E-state index in [1.165, 1.54) is 6.26 Å². The molecule has 0 radical (unpaired) electrons. The first-order valence-corrected chi connectivity index (χ1v) is 17.6. The Hall–Kier alpha value is -4.52. The van der Waals surface area contributed by atoms with Crippen LogP contribution >= 0.6 is 0 Å². The summed E-state index contributed by atoms with van der Waals surface area (Å²) in [5.74, 6) is 0.678. The molecule has 2 aromatic carbocycles. The summed E-state index contributed by atoms with van der Waals surface area (Å²) < 4.78 is 33.0. The minimum Gasteiger partial charge on any atom is -0.379 e. The highest BCUT2D eigenvalue weighted by Crippen LogP contribution is 2.27. The van der Waals surface area contributed by atoms with Crippen LogP contribution in [0.5, 0.6) is 0 Å². The number of nitrogens with one attached hydrogen (secondary N) is 2. The first-order chi connectivity index (χ1) is 22.4. The predicted octanol–water partition coefficient (Wildman–Crippen LogP) is 5.22. The number of anilines is 1. The number of hydrogen-bond donors (Lipinski definition) is 2. The predicted molar refractivity (Wildman–Crippen MR) is 183 cm³/mol. The zero-order valence-electron chi connectivity index (χ0n) is 27.2. The topological polar surface area (TPSA) is 123 Å². The fraction of sp³-hybridized carbons (Fsp3) is 0.343. The third-order valence-corrected chi connectivity index (χ3v) is 9.48. The van der Waals surface area contributed by atoms with E-state index in [2.05, 4.69) is 41.3 Å². The maximum absolute atomic E-state index is 13.0. The first-order valence-electron chi connectivity index (χ1n) is 15.7. The number of ether oxygens (including phenoxy) is 1. The lowest BCUT2D eigenvalue weighted by Crippen LogP contribution is -2.38. The van der Waals surface area contributed by atoms with Crippen molar-refractivity contribution in [3.8, 4) is 22.4 Å². The van der Waals surface area contributed by atoms with E-state index in [0.29, 0.717) is 23.8 Å². The van der Waals surface area contributed by atoms with Gasteiger partial charge in [0, 0.05) is 55.7 Å². The van der Waals surface area contributed by atoms with E-state index in [-0.39, 0.29) is 11.4 Å². The second kappa shape index (κ2) is 13.3. The monoisotopic (exact) mass is 655 g/mol. The van der Waals surface area contributed by atoms with Gasteiger partial charge in [-0.25, -0.2) is 22.9 Å². The van der Waals surface area contributed by atoms with Crippen molar-refractivity contribution in [2.45, 2.75) is 44.2 Å². The number of fused-ring (bicyclic) bond motifs is 1. The normalized spacial score (nSPS) is 14.4. The number of aromatic nitrogens is 4. The SMILES string of the molecule is CC(C)(C)c1cc(NC(=O)NCc2ccc(-c3cnc4cc(-c5ccc(S(C)(=O)=O)cc5)ccn34)cc2)n(CCN2CCOCC2)n1. The molecule has 1 fully saturated rings. The summed E-state index contributed by atoms with van der Waals surface area (Å²) in [5, 5.41) is 10.8. The second-order valence-electron chi connectivity index (χ2n) is 12.9. The van der Waals surface area contributed by atoms with Gasteiger partial charge >= 0.3 is 6.03 Å². The van der Waals surface area contributed by atoms with Crippen molar-refractivity contribution in [1.82, 2.24) is 29.4 Å². The van der Waals surface area contributed by atoms with Crippen molar-refractivity contribution >= 4 is 27.3 Å². The van der Waals surface area contributed by atoms with E-state index in [1.54, 1.807) is 12.1 Å². The van der Waals surface area contributed by atoms with Crippen LogP contribution in [0.1, 0.15) is 32.0 Å². The van der Waals surface area contributed by atoms with Crippen molar-refractivity contribution in [2.75, 3.05) is 44.4 Å². The van der Waals surface area contributed by atoms with Gasteiger partial charge < -0.3 is 10.1 Å². The highest BCUT2D eigenvalue weighted by molar-refractivity contribution is 7.90. The zero-order valence-corrected chi connectivity index (χ0v) is 28.0. The lowest BCUT2D eigenvalue weighted by Gasteiger charge is -2.26. The average Bonchev–Trinajstić information content (AvgIpc) is 3.67. The van der Waals surface area contributed by atoms with Crippen LogP contribution in [-0.4, -0.2) is 77.6 Å². The van der Waals surface area contributed by atoms with Crippen LogP contribution in [0.15, 0.2) is 84.0 Å². The lowest BCUT2D eigenvalue weighted by atomic mass is 9.92. The van der Waals surface area contributed by atoms with Crippen LogP contribution in [0.4, 0.5) is 10.6 Å². The molecule has 47 heavy (non-hydrogen) atoms. The number of carbonyl (C=O) groups is 1. The Balaban J connectivity index is 1.08. The van der Waals surface area contributed by atoms with Crippen LogP contribution in [0.3, 0.4) is 0 Å². The fourth-order valence-electron chi connectivity index (χ4n) is 5.52. The average molecular weight is 656 g/mol. The summed E-state index contributed by atoms with van der Waals surface area (Å²) in [7, 11) is -3.25. The molecular weight excluding hydrogens is 614 g/mol. The Bertz CT molecular complexity index is 1970. The Morgan fingerprint density at radius 3 is 2.30 bits per heavy atom. The summed E-state index contributed by atoms with van der Waals surface area (Å²) >= 11 is 0. The number of nitrogens with zero attached hydrogens (tertiary/aromatic N) is 5. The zero-order chi connectivity index (χ0) is 33.2. The number of benzene rings is 2. The third-order valence-electron chi connectivity index (χ3n) is 8.35. The molecule has 0 unspecified atom stereocenters. The van der Waals surface area contributed by atoms with Gasteiger partial charge in [-0.15, -0.1) is 0 Å². The van der Waals surface area contributed by atoms with Gasteiger partial charge in [0.2, 0.25) is 0 Å². The van der Waals surface area contributed by atoms with Crippen LogP contribution in [0.25, 0.3) is 28.0 Å². The fourth-order valence-corrected chi connectivity index (χ4v) is 6.15. The van der Waals surface area contributed by atoms with E-state index in [4.69, 9.17) is 9.84 Å². The molecule has 6 rings (SSSR count). The van der Waals surface area contributed by atoms with Gasteiger partial charge in [-0.2, -0.15) is 5.10 Å². The highest BCUT2D eigenvalue weighted by atomic mass is 32.2. The maximum Gasteiger partial charge on any atom is 0.320 e. The number of hydrogen-bond acceptors (Lipinski definition) is 7. The number of rotatable bonds is 9. The number of sulfone groups is 1. The van der Waals surface area contributed by atoms with Crippen molar-refractivity contribution in [3.05, 3.63) is 90.4 Å². The van der Waals surface area contributed by atoms with E-state index >= 15 is 0 Å². The number of amides is 2. The molecule has 0 spiro atoms. The number of urea groups is 1. The maximum atomic E-state index is 13.0. The first kappa shape index (κ1) is 32.4. The minimum atomic E-state index is -3.25. The molecule has 11 nitrogen and oxygen atoms in total. The van der Waals surface area contributed by atoms with Gasteiger partial charge in [-0.05, 0) is 41.0 Å². The van der Waals surface area contributed by atoms with Crippen LogP contribution in [-0.2, 0) is 33.1 Å². The molecule has 4 heterocycles. The Kier molecular flexibility index (Phi) is 9.18. The standard InChI is InChI=1S/C35H41N7O4S/c1-35(2,3)31-22-33(42(39-31)16-15-40-17-19-46-20-18-40)38-34(43)37-23-25-5-7-27(8-6-25)30-24-36-32-21-28(13-14-41(30)32)26-9-11-29(12-10-26)47(4,44)45/h5-14,21-22,24H,15-20,23H2,1-4H3,(H2,37,38,43). The minimum absolute atomic E-state index is 0.143. The molecule has 2 amide bonds. The number of morpholine rings is 1. The summed E-state index contributed by atoms with van der Waals surface area (Å²) in [5.41, 5.74) is 6.33. The van der Waals surface area contributed by atoms with Crippen LogP contribution < -0.4 is 10.6 Å². The molecule has 246 valence electrons. The highest BCUT2D eigenvalue weighted by Gasteiger charge is 2.21. The molecule has 12 heteroatoms. The van der Waals surface area contributed by atoms with Crippen LogP contribution in [0.2, 0.25) is 0 Å². The number of imidazole rings is 1. The molecule has 0 saturated carbocycles. The molecular formula is C35H41N7O4S. The summed E-state index contributed by atoms with van der Waals surface area (Å²) in [6.45, 7) is 11.5. The van der Waals surface area contributed by atoms with E-state index in [0.717, 1.165) is 72.1 Å². The van der Waals surface area contributed by atoms with E-state index in [9.17, 15) is 13.2 Å². The van der Waals surface area contributed by atoms with E-state index < -0.39 is 9.84 Å². The van der Waals surface area contributed by atoms with Crippen molar-refractivity contribution in [3.63, 3.8) is 0 Å². The molecule has 1 aliphatic heterocycles. The summed E-state index contributed by atoms with van der Waals surface area (Å²) in [6.07, 6.45) is 5.00. The third kappa shape index (κ3) is 7.73. The molecule has 1 saturated heterocycles. The number of pyridine rings is 1. The van der Waals surface area contributed by atoms with E-state index in [1.807, 2.05) is 76.1 Å². The van der Waals surface area contributed by atoms with Crippen molar-refractivity contribution in [1.29, 1.82) is 0 Å². The Morgan fingerprint density at radius 1 is 0.915 bits per heavy atom. The summed E-state index contributed by atoms with van der Waals surface area (Å²) in [4.78, 5) is 20.2. The Labute approximate surface area is 275 Å². The molecule has 0 atom stereocenters. The van der Waals surface area contributed by atoms with Crippen LogP contribution in [0, 0.1) is 0 Å². The molecule has 0 bridgehead atoms. The lowest BCUT2D eigenvalue weighted by molar-refractivity contribution is 0.0360. The van der Waals surface area contributed by atoms with Crippen molar-refractivity contribution in [2.24, 2.45) is 0 Å². The second-order valence-corrected chi connectivity index (χ2v) is 14.9. The van der Waals surface area contributed by atoms with Gasteiger partial charge in [0.25, 0.3) is 0 Å². The van der Waals surface area contributed by atoms with Gasteiger partial charge in [0.15, 0.2) is 9.84 Å². The molecule has 5 aromatic rings. The van der Waals surface area contributed by atoms with Gasteiger partial charge in [0.1, 0.15) is 11.5 Å². The smallest absolute Gasteiger partial charge is 0.320 e. The molecule has 0 aliphatic carbocycles. The largest absolute Gasteiger partial charge is 0.379 e. The molecule has 2 N–H and O–H groups in total. The van der Waals surface area contributed by atoms with Gasteiger partial charge in [0.05, 0.1) is 42.2 Å². The van der Waals surface area contributed by atoms with Gasteiger partial charge in [-0.3, -0.25) is 14.6 Å². The Morgan fingerprint density at radius 2 is 1.62 bits per heavy atom. The summed E-state index contributed by atoms with van der Waals surface area (Å²) in [6, 6.07) is 20.5. The molecule has 1 aliphatic rings. The van der Waals surface area contributed by atoms with Gasteiger partial charge in [-0.1, -0.05) is 57.2 Å². The number of carbonyl (C=O) groups excluding carboxylic acids is 1.